The van der Waals surface area contributed by atoms with E-state index in [1.807, 2.05) is 0 Å². The van der Waals surface area contributed by atoms with Crippen molar-refractivity contribution in [2.24, 2.45) is 0 Å². The molecular formula is C8H16O2. The van der Waals surface area contributed by atoms with Crippen LogP contribution in [0.15, 0.2) is 12.3 Å². The quantitative estimate of drug-likeness (QED) is 0.457. The van der Waals surface area contributed by atoms with Crippen LogP contribution in [0.5, 0.6) is 0 Å². The number of hydrogen-bond acceptors (Lipinski definition) is 2. The molecule has 0 fully saturated rings. The summed E-state index contributed by atoms with van der Waals surface area (Å²) >= 11 is 0. The number of aliphatic hydroxyl groups is 2. The van der Waals surface area contributed by atoms with Crippen LogP contribution in [-0.2, 0) is 0 Å². The van der Waals surface area contributed by atoms with Gasteiger partial charge in [0.05, 0.1) is 12.4 Å². The third-order valence-corrected chi connectivity index (χ3v) is 1.41. The van der Waals surface area contributed by atoms with Crippen LogP contribution >= 0.6 is 0 Å². The zero-order valence-electron chi connectivity index (χ0n) is 6.45. The molecule has 0 rings (SSSR count). The van der Waals surface area contributed by atoms with E-state index in [4.69, 9.17) is 10.2 Å². The Morgan fingerprint density at radius 3 is 2.60 bits per heavy atom. The van der Waals surface area contributed by atoms with E-state index in [0.717, 1.165) is 31.9 Å². The van der Waals surface area contributed by atoms with Crippen LogP contribution in [0.3, 0.4) is 0 Å². The lowest BCUT2D eigenvalue weighted by Crippen LogP contribution is -2.00. The molecule has 0 aliphatic rings. The molecule has 60 valence electrons. The second kappa shape index (κ2) is 6.62. The van der Waals surface area contributed by atoms with Crippen molar-refractivity contribution in [2.75, 3.05) is 0 Å². The highest BCUT2D eigenvalue weighted by atomic mass is 16.3. The molecule has 2 N–H and O–H groups in total. The van der Waals surface area contributed by atoms with Gasteiger partial charge in [0.1, 0.15) is 0 Å². The van der Waals surface area contributed by atoms with Crippen LogP contribution in [0.1, 0.15) is 32.6 Å². The SMILES string of the molecule is CCCCCC(O)/C=C/O. The first kappa shape index (κ1) is 9.50. The van der Waals surface area contributed by atoms with E-state index >= 15 is 0 Å². The van der Waals surface area contributed by atoms with E-state index in [0.29, 0.717) is 0 Å². The molecule has 2 heteroatoms. The minimum absolute atomic E-state index is 0.462. The Bertz CT molecular complexity index is 89.3. The molecule has 0 radical (unpaired) electrons. The largest absolute Gasteiger partial charge is 0.516 e. The van der Waals surface area contributed by atoms with Crippen molar-refractivity contribution >= 4 is 0 Å². The Morgan fingerprint density at radius 1 is 1.40 bits per heavy atom. The molecule has 1 atom stereocenters. The topological polar surface area (TPSA) is 40.5 Å². The summed E-state index contributed by atoms with van der Waals surface area (Å²) < 4.78 is 0. The monoisotopic (exact) mass is 144 g/mol. The Balaban J connectivity index is 3.13. The van der Waals surface area contributed by atoms with Gasteiger partial charge in [0, 0.05) is 0 Å². The van der Waals surface area contributed by atoms with Crippen molar-refractivity contribution in [1.29, 1.82) is 0 Å². The van der Waals surface area contributed by atoms with Crippen LogP contribution in [0, 0.1) is 0 Å². The normalized spacial score (nSPS) is 14.2. The van der Waals surface area contributed by atoms with E-state index in [9.17, 15) is 0 Å². The van der Waals surface area contributed by atoms with E-state index in [1.54, 1.807) is 0 Å². The summed E-state index contributed by atoms with van der Waals surface area (Å²) in [6.07, 6.45) is 5.93. The maximum atomic E-state index is 9.03. The molecular weight excluding hydrogens is 128 g/mol. The average molecular weight is 144 g/mol. The van der Waals surface area contributed by atoms with Gasteiger partial charge in [0.15, 0.2) is 0 Å². The van der Waals surface area contributed by atoms with Crippen LogP contribution < -0.4 is 0 Å². The summed E-state index contributed by atoms with van der Waals surface area (Å²) in [6.45, 7) is 2.12. The van der Waals surface area contributed by atoms with Gasteiger partial charge in [-0.3, -0.25) is 0 Å². The Hall–Kier alpha value is -0.500. The highest BCUT2D eigenvalue weighted by Crippen LogP contribution is 2.03. The number of unbranched alkanes of at least 4 members (excludes halogenated alkanes) is 2. The molecule has 1 unspecified atom stereocenters. The van der Waals surface area contributed by atoms with Gasteiger partial charge in [0.25, 0.3) is 0 Å². The Labute approximate surface area is 62.2 Å². The minimum atomic E-state index is -0.462. The molecule has 2 nitrogen and oxygen atoms in total. The lowest BCUT2D eigenvalue weighted by atomic mass is 10.1. The Morgan fingerprint density at radius 2 is 2.10 bits per heavy atom. The molecule has 0 saturated carbocycles. The van der Waals surface area contributed by atoms with Gasteiger partial charge < -0.3 is 10.2 Å². The average Bonchev–Trinajstić information content (AvgIpc) is 1.89. The molecule has 0 amide bonds. The number of hydrogen-bond donors (Lipinski definition) is 2. The molecule has 0 saturated heterocycles. The van der Waals surface area contributed by atoms with Gasteiger partial charge in [-0.15, -0.1) is 0 Å². The van der Waals surface area contributed by atoms with Crippen LogP contribution in [0.4, 0.5) is 0 Å². The summed E-state index contributed by atoms with van der Waals surface area (Å²) in [6, 6.07) is 0. The Kier molecular flexibility index (Phi) is 6.29. The molecule has 0 bridgehead atoms. The fourth-order valence-electron chi connectivity index (χ4n) is 0.799. The third kappa shape index (κ3) is 5.63. The maximum Gasteiger partial charge on any atom is 0.0777 e. The zero-order valence-corrected chi connectivity index (χ0v) is 6.45. The molecule has 0 aromatic heterocycles. The van der Waals surface area contributed by atoms with Crippen molar-refractivity contribution < 1.29 is 10.2 Å². The van der Waals surface area contributed by atoms with Crippen LogP contribution in [-0.4, -0.2) is 16.3 Å². The summed E-state index contributed by atoms with van der Waals surface area (Å²) in [4.78, 5) is 0. The summed E-state index contributed by atoms with van der Waals surface area (Å²) in [7, 11) is 0. The first-order valence-corrected chi connectivity index (χ1v) is 3.80. The van der Waals surface area contributed by atoms with Gasteiger partial charge in [-0.2, -0.15) is 0 Å². The lowest BCUT2D eigenvalue weighted by Gasteiger charge is -2.02. The van der Waals surface area contributed by atoms with Gasteiger partial charge >= 0.3 is 0 Å². The third-order valence-electron chi connectivity index (χ3n) is 1.41. The van der Waals surface area contributed by atoms with Gasteiger partial charge in [-0.1, -0.05) is 26.2 Å². The molecule has 10 heavy (non-hydrogen) atoms. The summed E-state index contributed by atoms with van der Waals surface area (Å²) in [5, 5.41) is 17.3. The van der Waals surface area contributed by atoms with Crippen molar-refractivity contribution in [3.63, 3.8) is 0 Å². The minimum Gasteiger partial charge on any atom is -0.516 e. The van der Waals surface area contributed by atoms with Crippen molar-refractivity contribution in [2.45, 2.75) is 38.7 Å². The van der Waals surface area contributed by atoms with E-state index in [1.165, 1.54) is 6.08 Å². The molecule has 0 aliphatic carbocycles. The van der Waals surface area contributed by atoms with E-state index < -0.39 is 6.10 Å². The lowest BCUT2D eigenvalue weighted by molar-refractivity contribution is 0.205. The van der Waals surface area contributed by atoms with Gasteiger partial charge in [-0.25, -0.2) is 0 Å². The first-order chi connectivity index (χ1) is 4.81. The first-order valence-electron chi connectivity index (χ1n) is 3.80. The zero-order chi connectivity index (χ0) is 7.82. The second-order valence-corrected chi connectivity index (χ2v) is 2.40. The highest BCUT2D eigenvalue weighted by molar-refractivity contribution is 4.81. The predicted octanol–water partition coefficient (Wildman–Crippen LogP) is 2.00. The highest BCUT2D eigenvalue weighted by Gasteiger charge is 1.96. The molecule has 0 heterocycles. The van der Waals surface area contributed by atoms with E-state index in [2.05, 4.69) is 6.92 Å². The molecule has 0 spiro atoms. The maximum absolute atomic E-state index is 9.03. The molecule has 0 aliphatic heterocycles. The number of rotatable bonds is 5. The van der Waals surface area contributed by atoms with Crippen LogP contribution in [0.2, 0.25) is 0 Å². The second-order valence-electron chi connectivity index (χ2n) is 2.40. The predicted molar refractivity (Wildman–Crippen MR) is 41.9 cm³/mol. The van der Waals surface area contributed by atoms with Gasteiger partial charge in [-0.05, 0) is 12.5 Å². The summed E-state index contributed by atoms with van der Waals surface area (Å²) in [5.74, 6) is 0. The number of aliphatic hydroxyl groups excluding tert-OH is 2. The molecule has 0 aromatic carbocycles. The van der Waals surface area contributed by atoms with Crippen molar-refractivity contribution in [3.05, 3.63) is 12.3 Å². The van der Waals surface area contributed by atoms with Crippen molar-refractivity contribution in [3.8, 4) is 0 Å². The fraction of sp³-hybridized carbons (Fsp3) is 0.750. The summed E-state index contributed by atoms with van der Waals surface area (Å²) in [5.41, 5.74) is 0. The standard InChI is InChI=1S/C8H16O2/c1-2-3-4-5-8(10)6-7-9/h6-10H,2-5H2,1H3/b7-6+. The molecule has 0 aromatic rings. The van der Waals surface area contributed by atoms with E-state index in [-0.39, 0.29) is 0 Å². The van der Waals surface area contributed by atoms with Crippen molar-refractivity contribution in [1.82, 2.24) is 0 Å². The van der Waals surface area contributed by atoms with Gasteiger partial charge in [0.2, 0.25) is 0 Å². The smallest absolute Gasteiger partial charge is 0.0777 e. The van der Waals surface area contributed by atoms with Crippen LogP contribution in [0.25, 0.3) is 0 Å². The fourth-order valence-corrected chi connectivity index (χ4v) is 0.799.